The normalized spacial score (nSPS) is 13.8. The molecule has 0 spiro atoms. The van der Waals surface area contributed by atoms with Crippen molar-refractivity contribution in [2.75, 3.05) is 23.7 Å². The summed E-state index contributed by atoms with van der Waals surface area (Å²) < 4.78 is 0. The highest BCUT2D eigenvalue weighted by Gasteiger charge is 2.23. The van der Waals surface area contributed by atoms with E-state index in [2.05, 4.69) is 22.5 Å². The van der Waals surface area contributed by atoms with Gasteiger partial charge in [0.15, 0.2) is 0 Å². The topological polar surface area (TPSA) is 87.5 Å². The Morgan fingerprint density at radius 1 is 1.15 bits per heavy atom. The number of amides is 3. The van der Waals surface area contributed by atoms with Crippen LogP contribution in [0.25, 0.3) is 0 Å². The fourth-order valence-electron chi connectivity index (χ4n) is 3.19. The summed E-state index contributed by atoms with van der Waals surface area (Å²) in [7, 11) is 0. The molecule has 1 aliphatic heterocycles. The summed E-state index contributed by atoms with van der Waals surface area (Å²) in [4.78, 5) is 26.6. The highest BCUT2D eigenvalue weighted by Crippen LogP contribution is 2.28. The van der Waals surface area contributed by atoms with Gasteiger partial charge in [0.2, 0.25) is 0 Å². The number of carbonyl (C=O) groups is 2. The van der Waals surface area contributed by atoms with Crippen LogP contribution < -0.4 is 16.4 Å². The largest absolute Gasteiger partial charge is 0.366 e. The van der Waals surface area contributed by atoms with Gasteiger partial charge in [-0.25, -0.2) is 4.79 Å². The molecule has 1 heterocycles. The molecule has 26 heavy (non-hydrogen) atoms. The first-order chi connectivity index (χ1) is 12.5. The summed E-state index contributed by atoms with van der Waals surface area (Å²) in [6.45, 7) is 4.71. The number of benzene rings is 2. The molecule has 4 N–H and O–H groups in total. The van der Waals surface area contributed by atoms with E-state index in [0.29, 0.717) is 22.0 Å². The predicted molar refractivity (Wildman–Crippen MR) is 104 cm³/mol. The Morgan fingerprint density at radius 3 is 2.54 bits per heavy atom. The van der Waals surface area contributed by atoms with E-state index < -0.39 is 11.9 Å². The van der Waals surface area contributed by atoms with E-state index in [4.69, 9.17) is 17.3 Å². The molecule has 3 amide bonds. The van der Waals surface area contributed by atoms with Crippen LogP contribution in [-0.4, -0.2) is 29.9 Å². The Morgan fingerprint density at radius 2 is 1.88 bits per heavy atom. The number of anilines is 2. The Kier molecular flexibility index (Phi) is 5.44. The van der Waals surface area contributed by atoms with Gasteiger partial charge in [0.05, 0.1) is 11.3 Å². The number of hydrogen-bond acceptors (Lipinski definition) is 3. The third-order valence-corrected chi connectivity index (χ3v) is 4.78. The Labute approximate surface area is 157 Å². The van der Waals surface area contributed by atoms with E-state index in [-0.39, 0.29) is 0 Å². The fraction of sp³-hybridized carbons (Fsp3) is 0.263. The maximum Gasteiger partial charge on any atom is 0.323 e. The Balaban J connectivity index is 1.82. The van der Waals surface area contributed by atoms with Gasteiger partial charge in [0, 0.05) is 23.8 Å². The number of carbonyl (C=O) groups excluding carboxylic acids is 2. The second-order valence-electron chi connectivity index (χ2n) is 6.19. The minimum absolute atomic E-state index is 0.393. The SMILES string of the molecule is CCN1CCc2c(ccc(NC(=O)Nc3ccc(Cl)cc3)c2C(N)=O)C1. The van der Waals surface area contributed by atoms with Crippen LogP contribution in [0.3, 0.4) is 0 Å². The van der Waals surface area contributed by atoms with Crippen molar-refractivity contribution in [2.45, 2.75) is 19.9 Å². The van der Waals surface area contributed by atoms with Crippen LogP contribution in [0.5, 0.6) is 0 Å². The van der Waals surface area contributed by atoms with Crippen LogP contribution >= 0.6 is 11.6 Å². The summed E-state index contributed by atoms with van der Waals surface area (Å²) in [5, 5.41) is 6.03. The number of nitrogens with two attached hydrogens (primary N) is 1. The fourth-order valence-corrected chi connectivity index (χ4v) is 3.31. The van der Waals surface area contributed by atoms with Crippen molar-refractivity contribution in [3.63, 3.8) is 0 Å². The average Bonchev–Trinajstić information content (AvgIpc) is 2.62. The van der Waals surface area contributed by atoms with Crippen molar-refractivity contribution in [3.8, 4) is 0 Å². The molecule has 2 aromatic rings. The highest BCUT2D eigenvalue weighted by atomic mass is 35.5. The minimum atomic E-state index is -0.534. The molecule has 1 aliphatic rings. The van der Waals surface area contributed by atoms with Crippen molar-refractivity contribution in [2.24, 2.45) is 5.73 Å². The zero-order valence-electron chi connectivity index (χ0n) is 14.5. The highest BCUT2D eigenvalue weighted by molar-refractivity contribution is 6.30. The summed E-state index contributed by atoms with van der Waals surface area (Å²) in [5.74, 6) is -0.534. The van der Waals surface area contributed by atoms with E-state index in [1.54, 1.807) is 30.3 Å². The van der Waals surface area contributed by atoms with Gasteiger partial charge in [-0.1, -0.05) is 24.6 Å². The summed E-state index contributed by atoms with van der Waals surface area (Å²) in [6.07, 6.45) is 0.732. The van der Waals surface area contributed by atoms with E-state index in [1.165, 1.54) is 0 Å². The first kappa shape index (κ1) is 18.2. The van der Waals surface area contributed by atoms with Crippen molar-refractivity contribution in [3.05, 3.63) is 58.1 Å². The maximum absolute atomic E-state index is 12.3. The first-order valence-corrected chi connectivity index (χ1v) is 8.86. The Bertz CT molecular complexity index is 836. The molecule has 0 saturated carbocycles. The molecular formula is C19H21ClN4O2. The second kappa shape index (κ2) is 7.76. The standard InChI is InChI=1S/C19H21ClN4O2/c1-2-24-10-9-15-12(11-24)3-8-16(17(15)18(21)25)23-19(26)22-14-6-4-13(20)5-7-14/h3-8H,2,9-11H2,1H3,(H2,21,25)(H2,22,23,26). The van der Waals surface area contributed by atoms with Gasteiger partial charge in [0.25, 0.3) is 5.91 Å². The molecule has 2 aromatic carbocycles. The molecule has 0 atom stereocenters. The number of hydrogen-bond donors (Lipinski definition) is 3. The van der Waals surface area contributed by atoms with Crippen LogP contribution in [0.4, 0.5) is 16.2 Å². The number of nitrogens with zero attached hydrogens (tertiary/aromatic N) is 1. The quantitative estimate of drug-likeness (QED) is 0.768. The molecule has 0 bridgehead atoms. The van der Waals surface area contributed by atoms with Gasteiger partial charge in [0.1, 0.15) is 0 Å². The third-order valence-electron chi connectivity index (χ3n) is 4.53. The van der Waals surface area contributed by atoms with Gasteiger partial charge < -0.3 is 16.4 Å². The van der Waals surface area contributed by atoms with Crippen molar-refractivity contribution in [1.29, 1.82) is 0 Å². The molecule has 0 aliphatic carbocycles. The van der Waals surface area contributed by atoms with E-state index in [0.717, 1.165) is 37.2 Å². The van der Waals surface area contributed by atoms with Crippen molar-refractivity contribution in [1.82, 2.24) is 4.90 Å². The number of fused-ring (bicyclic) bond motifs is 1. The number of nitrogens with one attached hydrogen (secondary N) is 2. The Hall–Kier alpha value is -2.57. The van der Waals surface area contributed by atoms with Gasteiger partial charge in [-0.2, -0.15) is 0 Å². The van der Waals surface area contributed by atoms with Crippen LogP contribution in [0, 0.1) is 0 Å². The molecule has 0 fully saturated rings. The zero-order chi connectivity index (χ0) is 18.7. The van der Waals surface area contributed by atoms with E-state index >= 15 is 0 Å². The molecular weight excluding hydrogens is 352 g/mol. The summed E-state index contributed by atoms with van der Waals surface area (Å²) in [6, 6.07) is 10.0. The number of urea groups is 1. The second-order valence-corrected chi connectivity index (χ2v) is 6.63. The smallest absolute Gasteiger partial charge is 0.323 e. The molecule has 7 heteroatoms. The molecule has 0 radical (unpaired) electrons. The lowest BCUT2D eigenvalue weighted by Crippen LogP contribution is -2.32. The monoisotopic (exact) mass is 372 g/mol. The van der Waals surface area contributed by atoms with Gasteiger partial charge in [-0.15, -0.1) is 0 Å². The lowest BCUT2D eigenvalue weighted by atomic mass is 9.92. The number of primary amides is 1. The average molecular weight is 373 g/mol. The predicted octanol–water partition coefficient (Wildman–Crippen LogP) is 3.46. The maximum atomic E-state index is 12.3. The molecule has 6 nitrogen and oxygen atoms in total. The van der Waals surface area contributed by atoms with Gasteiger partial charge in [-0.05, 0) is 54.4 Å². The van der Waals surface area contributed by atoms with Crippen LogP contribution in [0.1, 0.15) is 28.4 Å². The van der Waals surface area contributed by atoms with Gasteiger partial charge >= 0.3 is 6.03 Å². The third kappa shape index (κ3) is 3.98. The molecule has 0 unspecified atom stereocenters. The molecule has 136 valence electrons. The zero-order valence-corrected chi connectivity index (χ0v) is 15.3. The number of likely N-dealkylation sites (N-methyl/N-ethyl adjacent to an activating group) is 1. The van der Waals surface area contributed by atoms with Crippen LogP contribution in [-0.2, 0) is 13.0 Å². The molecule has 0 saturated heterocycles. The van der Waals surface area contributed by atoms with Crippen molar-refractivity contribution < 1.29 is 9.59 Å². The molecule has 3 rings (SSSR count). The first-order valence-electron chi connectivity index (χ1n) is 8.48. The lowest BCUT2D eigenvalue weighted by molar-refractivity contribution is 0.0999. The van der Waals surface area contributed by atoms with E-state index in [9.17, 15) is 9.59 Å². The lowest BCUT2D eigenvalue weighted by Gasteiger charge is -2.29. The minimum Gasteiger partial charge on any atom is -0.366 e. The van der Waals surface area contributed by atoms with Crippen LogP contribution in [0.2, 0.25) is 5.02 Å². The van der Waals surface area contributed by atoms with E-state index in [1.807, 2.05) is 6.07 Å². The number of rotatable bonds is 4. The van der Waals surface area contributed by atoms with Crippen LogP contribution in [0.15, 0.2) is 36.4 Å². The summed E-state index contributed by atoms with van der Waals surface area (Å²) in [5.41, 5.74) is 9.03. The molecule has 0 aromatic heterocycles. The summed E-state index contributed by atoms with van der Waals surface area (Å²) >= 11 is 5.84. The number of halogens is 1. The van der Waals surface area contributed by atoms with Crippen molar-refractivity contribution >= 4 is 34.9 Å². The van der Waals surface area contributed by atoms with Gasteiger partial charge in [-0.3, -0.25) is 9.69 Å².